The molecule has 2 aliphatic heterocycles. The zero-order valence-electron chi connectivity index (χ0n) is 13.0. The fourth-order valence-electron chi connectivity index (χ4n) is 4.03. The van der Waals surface area contributed by atoms with Gasteiger partial charge in [-0.15, -0.1) is 0 Å². The number of anilines is 1. The second-order valence-electron chi connectivity index (χ2n) is 6.42. The largest absolute Gasteiger partial charge is 0.366 e. The van der Waals surface area contributed by atoms with Crippen LogP contribution in [0.2, 0.25) is 0 Å². The van der Waals surface area contributed by atoms with Gasteiger partial charge in [0.25, 0.3) is 0 Å². The van der Waals surface area contributed by atoms with Crippen molar-refractivity contribution in [3.8, 4) is 11.3 Å². The maximum absolute atomic E-state index is 2.61. The number of aryl methyl sites for hydroxylation is 2. The van der Waals surface area contributed by atoms with Gasteiger partial charge in [-0.1, -0.05) is 18.2 Å². The van der Waals surface area contributed by atoms with Crippen LogP contribution in [0.1, 0.15) is 29.7 Å². The minimum absolute atomic E-state index is 1.22. The molecule has 0 atom stereocenters. The van der Waals surface area contributed by atoms with E-state index in [-0.39, 0.29) is 0 Å². The highest BCUT2D eigenvalue weighted by molar-refractivity contribution is 5.67. The molecule has 1 aromatic carbocycles. The molecule has 0 amide bonds. The molecule has 0 aliphatic carbocycles. The van der Waals surface area contributed by atoms with Gasteiger partial charge in [0, 0.05) is 31.1 Å². The predicted molar refractivity (Wildman–Crippen MR) is 86.6 cm³/mol. The average Bonchev–Trinajstić information content (AvgIpc) is 2.52. The van der Waals surface area contributed by atoms with Gasteiger partial charge < -0.3 is 4.90 Å². The van der Waals surface area contributed by atoms with Crippen molar-refractivity contribution >= 4 is 5.69 Å². The number of pyridine rings is 1. The number of benzene rings is 1. The summed E-state index contributed by atoms with van der Waals surface area (Å²) in [5.74, 6) is 0. The summed E-state index contributed by atoms with van der Waals surface area (Å²) in [5.41, 5.74) is 8.77. The molecule has 0 saturated carbocycles. The van der Waals surface area contributed by atoms with Crippen LogP contribution in [-0.2, 0) is 19.9 Å². The number of nitrogens with zero attached hydrogens (tertiary/aromatic N) is 2. The Balaban J connectivity index is 1.97. The lowest BCUT2D eigenvalue weighted by Gasteiger charge is -2.35. The quantitative estimate of drug-likeness (QED) is 0.727. The van der Waals surface area contributed by atoms with Crippen LogP contribution < -0.4 is 9.47 Å². The van der Waals surface area contributed by atoms with Gasteiger partial charge >= 0.3 is 0 Å². The summed E-state index contributed by atoms with van der Waals surface area (Å²) in [5, 5.41) is 0. The van der Waals surface area contributed by atoms with Crippen molar-refractivity contribution in [1.29, 1.82) is 0 Å². The highest BCUT2D eigenvalue weighted by atomic mass is 15.2. The van der Waals surface area contributed by atoms with Crippen molar-refractivity contribution in [1.82, 2.24) is 0 Å². The predicted octanol–water partition coefficient (Wildman–Crippen LogP) is 3.19. The molecule has 0 spiro atoms. The molecule has 0 radical (unpaired) electrons. The Morgan fingerprint density at radius 2 is 1.81 bits per heavy atom. The van der Waals surface area contributed by atoms with Gasteiger partial charge in [0.1, 0.15) is 12.7 Å². The molecular weight excluding hydrogens is 256 g/mol. The fraction of sp³-hybridized carbons (Fsp3) is 0.421. The summed E-state index contributed by atoms with van der Waals surface area (Å²) in [6.07, 6.45) is 5.04. The first-order valence-corrected chi connectivity index (χ1v) is 8.11. The van der Waals surface area contributed by atoms with E-state index in [0.29, 0.717) is 0 Å². The van der Waals surface area contributed by atoms with Crippen molar-refractivity contribution < 1.29 is 4.57 Å². The summed E-state index contributed by atoms with van der Waals surface area (Å²) < 4.78 is 2.44. The molecule has 4 rings (SSSR count). The van der Waals surface area contributed by atoms with Crippen molar-refractivity contribution in [3.05, 3.63) is 47.2 Å². The number of aromatic nitrogens is 1. The van der Waals surface area contributed by atoms with Crippen LogP contribution in [0.3, 0.4) is 0 Å². The monoisotopic (exact) mass is 279 g/mol. The molecule has 21 heavy (non-hydrogen) atoms. The van der Waals surface area contributed by atoms with Gasteiger partial charge in [0.2, 0.25) is 11.4 Å². The topological polar surface area (TPSA) is 7.12 Å². The van der Waals surface area contributed by atoms with Gasteiger partial charge in [0.15, 0.2) is 0 Å². The Labute approximate surface area is 127 Å². The highest BCUT2D eigenvalue weighted by Crippen LogP contribution is 2.35. The van der Waals surface area contributed by atoms with E-state index >= 15 is 0 Å². The molecule has 0 fully saturated rings. The first kappa shape index (κ1) is 12.9. The van der Waals surface area contributed by atoms with Crippen LogP contribution in [0.4, 0.5) is 5.69 Å². The fourth-order valence-corrected chi connectivity index (χ4v) is 4.03. The van der Waals surface area contributed by atoms with Crippen LogP contribution >= 0.6 is 0 Å². The number of hydrogen-bond donors (Lipinski definition) is 0. The molecular formula is C19H23N2+. The molecule has 2 heteroatoms. The van der Waals surface area contributed by atoms with Crippen LogP contribution in [-0.4, -0.2) is 13.1 Å². The van der Waals surface area contributed by atoms with E-state index in [1.165, 1.54) is 61.3 Å². The molecule has 3 heterocycles. The third-order valence-electron chi connectivity index (χ3n) is 5.11. The zero-order chi connectivity index (χ0) is 14.4. The Hall–Kier alpha value is -1.83. The summed E-state index contributed by atoms with van der Waals surface area (Å²) >= 11 is 0. The van der Waals surface area contributed by atoms with E-state index in [9.17, 15) is 0 Å². The summed E-state index contributed by atoms with van der Waals surface area (Å²) in [6, 6.07) is 11.2. The SMILES string of the molecule is Cc1ccccc1-c1cc2c3c([n+]1C)CCCN3CCC2. The lowest BCUT2D eigenvalue weighted by Crippen LogP contribution is -2.45. The molecule has 108 valence electrons. The van der Waals surface area contributed by atoms with E-state index in [1.54, 1.807) is 11.3 Å². The van der Waals surface area contributed by atoms with Gasteiger partial charge in [-0.3, -0.25) is 0 Å². The van der Waals surface area contributed by atoms with Crippen molar-refractivity contribution in [2.24, 2.45) is 7.05 Å². The first-order valence-electron chi connectivity index (χ1n) is 8.11. The molecule has 1 aromatic heterocycles. The average molecular weight is 279 g/mol. The Morgan fingerprint density at radius 1 is 1.05 bits per heavy atom. The molecule has 0 bridgehead atoms. The first-order chi connectivity index (χ1) is 10.3. The van der Waals surface area contributed by atoms with E-state index in [4.69, 9.17) is 0 Å². The highest BCUT2D eigenvalue weighted by Gasteiger charge is 2.32. The zero-order valence-corrected chi connectivity index (χ0v) is 13.0. The molecule has 2 aliphatic rings. The van der Waals surface area contributed by atoms with Crippen molar-refractivity contribution in [2.75, 3.05) is 18.0 Å². The second-order valence-corrected chi connectivity index (χ2v) is 6.42. The van der Waals surface area contributed by atoms with Crippen LogP contribution in [0.5, 0.6) is 0 Å². The van der Waals surface area contributed by atoms with Crippen molar-refractivity contribution in [2.45, 2.75) is 32.6 Å². The number of rotatable bonds is 1. The third kappa shape index (κ3) is 1.97. The van der Waals surface area contributed by atoms with Gasteiger partial charge in [-0.05, 0) is 43.4 Å². The smallest absolute Gasteiger partial charge is 0.213 e. The maximum atomic E-state index is 2.61. The molecule has 2 nitrogen and oxygen atoms in total. The molecule has 0 unspecified atom stereocenters. The Bertz CT molecular complexity index is 701. The third-order valence-corrected chi connectivity index (χ3v) is 5.11. The summed E-state index contributed by atoms with van der Waals surface area (Å²) in [4.78, 5) is 2.61. The second kappa shape index (κ2) is 4.87. The van der Waals surface area contributed by atoms with Crippen molar-refractivity contribution in [3.63, 3.8) is 0 Å². The van der Waals surface area contributed by atoms with Crippen LogP contribution in [0.25, 0.3) is 11.3 Å². The van der Waals surface area contributed by atoms with E-state index in [2.05, 4.69) is 53.8 Å². The molecule has 0 saturated heterocycles. The van der Waals surface area contributed by atoms with Crippen LogP contribution in [0.15, 0.2) is 30.3 Å². The minimum atomic E-state index is 1.22. The molecule has 2 aromatic rings. The van der Waals surface area contributed by atoms with E-state index in [0.717, 1.165) is 0 Å². The maximum Gasteiger partial charge on any atom is 0.213 e. The standard InChI is InChI=1S/C19H23N2/c1-14-7-3-4-9-16(14)18-13-15-8-5-11-21-12-6-10-17(19(15)21)20(18)2/h3-4,7,9,13H,5-6,8,10-12H2,1-2H3/q+1. The van der Waals surface area contributed by atoms with E-state index in [1.807, 2.05) is 0 Å². The summed E-state index contributed by atoms with van der Waals surface area (Å²) in [7, 11) is 2.25. The lowest BCUT2D eigenvalue weighted by atomic mass is 9.92. The Kier molecular flexibility index (Phi) is 2.99. The lowest BCUT2D eigenvalue weighted by molar-refractivity contribution is -0.667. The van der Waals surface area contributed by atoms with Gasteiger partial charge in [0.05, 0.1) is 0 Å². The Morgan fingerprint density at radius 3 is 2.62 bits per heavy atom. The number of hydrogen-bond acceptors (Lipinski definition) is 1. The molecule has 0 N–H and O–H groups in total. The summed E-state index contributed by atoms with van der Waals surface area (Å²) in [6.45, 7) is 4.69. The van der Waals surface area contributed by atoms with Gasteiger partial charge in [-0.25, -0.2) is 0 Å². The normalized spacial score (nSPS) is 16.8. The van der Waals surface area contributed by atoms with Gasteiger partial charge in [-0.2, -0.15) is 4.57 Å². The minimum Gasteiger partial charge on any atom is -0.366 e. The van der Waals surface area contributed by atoms with E-state index < -0.39 is 0 Å². The van der Waals surface area contributed by atoms with Crippen LogP contribution in [0, 0.1) is 6.92 Å².